The number of halogens is 1. The zero-order valence-electron chi connectivity index (χ0n) is 14.6. The van der Waals surface area contributed by atoms with Gasteiger partial charge in [-0.3, -0.25) is 4.90 Å². The molecule has 0 aromatic heterocycles. The predicted octanol–water partition coefficient (Wildman–Crippen LogP) is 3.81. The van der Waals surface area contributed by atoms with Crippen molar-refractivity contribution >= 4 is 24.5 Å². The van der Waals surface area contributed by atoms with Gasteiger partial charge < -0.3 is 9.47 Å². The van der Waals surface area contributed by atoms with Crippen LogP contribution in [-0.4, -0.2) is 38.2 Å². The topological polar surface area (TPSA) is 38.8 Å². The van der Waals surface area contributed by atoms with E-state index in [4.69, 9.17) is 9.47 Å². The van der Waals surface area contributed by atoms with Crippen molar-refractivity contribution in [3.63, 3.8) is 0 Å². The molecule has 0 atom stereocenters. The van der Waals surface area contributed by atoms with Gasteiger partial charge in [-0.15, -0.1) is 12.4 Å². The lowest BCUT2D eigenvalue weighted by molar-refractivity contribution is -0.138. The van der Waals surface area contributed by atoms with E-state index in [9.17, 15) is 4.79 Å². The van der Waals surface area contributed by atoms with Crippen molar-refractivity contribution < 1.29 is 14.3 Å². The lowest BCUT2D eigenvalue weighted by Crippen LogP contribution is -2.23. The Morgan fingerprint density at radius 2 is 1.76 bits per heavy atom. The van der Waals surface area contributed by atoms with Gasteiger partial charge in [0.25, 0.3) is 0 Å². The molecule has 0 bridgehead atoms. The van der Waals surface area contributed by atoms with Crippen molar-refractivity contribution in [1.82, 2.24) is 4.90 Å². The second kappa shape index (κ2) is 11.3. The van der Waals surface area contributed by atoms with Crippen LogP contribution < -0.4 is 4.74 Å². The van der Waals surface area contributed by atoms with Gasteiger partial charge in [-0.1, -0.05) is 48.5 Å². The molecule has 0 radical (unpaired) electrons. The summed E-state index contributed by atoms with van der Waals surface area (Å²) in [6.07, 6.45) is 3.13. The Morgan fingerprint density at radius 1 is 1.08 bits per heavy atom. The maximum Gasteiger partial charge on any atom is 0.330 e. The van der Waals surface area contributed by atoms with Crippen LogP contribution in [0.25, 0.3) is 6.08 Å². The normalized spacial score (nSPS) is 10.5. The van der Waals surface area contributed by atoms with Crippen molar-refractivity contribution in [1.29, 1.82) is 0 Å². The summed E-state index contributed by atoms with van der Waals surface area (Å²) >= 11 is 0. The Balaban J connectivity index is 0.00000312. The largest absolute Gasteiger partial charge is 0.496 e. The molecule has 0 aliphatic rings. The van der Waals surface area contributed by atoms with Crippen molar-refractivity contribution in [2.75, 3.05) is 27.3 Å². The minimum absolute atomic E-state index is 0. The predicted molar refractivity (Wildman–Crippen MR) is 103 cm³/mol. The molecule has 0 amide bonds. The molecule has 0 saturated carbocycles. The standard InChI is InChI=1S/C20H23NO3.ClH/c1-21(16-17-8-4-3-5-9-17)14-15-24-20(22)13-12-18-10-6-7-11-19(18)23-2;/h3-13H,14-16H2,1-2H3;1H. The van der Waals surface area contributed by atoms with Crippen molar-refractivity contribution in [2.45, 2.75) is 6.54 Å². The maximum atomic E-state index is 11.8. The van der Waals surface area contributed by atoms with Crippen LogP contribution in [0, 0.1) is 0 Å². The van der Waals surface area contributed by atoms with Crippen molar-refractivity contribution in [3.05, 3.63) is 71.8 Å². The summed E-state index contributed by atoms with van der Waals surface area (Å²) in [6, 6.07) is 17.7. The fourth-order valence-electron chi connectivity index (χ4n) is 2.29. The molecule has 0 aliphatic carbocycles. The van der Waals surface area contributed by atoms with Crippen molar-refractivity contribution in [2.24, 2.45) is 0 Å². The van der Waals surface area contributed by atoms with Gasteiger partial charge in [0.15, 0.2) is 0 Å². The highest BCUT2D eigenvalue weighted by molar-refractivity contribution is 5.87. The Kier molecular flexibility index (Phi) is 9.37. The zero-order valence-corrected chi connectivity index (χ0v) is 15.4. The number of rotatable bonds is 8. The third-order valence-electron chi connectivity index (χ3n) is 3.55. The number of para-hydroxylation sites is 1. The first kappa shape index (κ1) is 20.7. The Hall–Kier alpha value is -2.30. The van der Waals surface area contributed by atoms with E-state index in [-0.39, 0.29) is 18.4 Å². The molecule has 2 aromatic carbocycles. The summed E-state index contributed by atoms with van der Waals surface area (Å²) in [7, 11) is 3.61. The van der Waals surface area contributed by atoms with Crippen LogP contribution in [0.4, 0.5) is 0 Å². The lowest BCUT2D eigenvalue weighted by Gasteiger charge is -2.16. The molecule has 2 aromatic rings. The first-order valence-electron chi connectivity index (χ1n) is 7.89. The molecular formula is C20H24ClNO3. The van der Waals surface area contributed by atoms with Gasteiger partial charge in [-0.05, 0) is 24.8 Å². The second-order valence-electron chi connectivity index (χ2n) is 5.47. The van der Waals surface area contributed by atoms with Crippen LogP contribution >= 0.6 is 12.4 Å². The minimum Gasteiger partial charge on any atom is -0.496 e. The molecule has 0 fully saturated rings. The number of hydrogen-bond donors (Lipinski definition) is 0. The summed E-state index contributed by atoms with van der Waals surface area (Å²) in [4.78, 5) is 13.9. The van der Waals surface area contributed by atoms with Gasteiger partial charge in [-0.2, -0.15) is 0 Å². The fourth-order valence-corrected chi connectivity index (χ4v) is 2.29. The molecule has 4 nitrogen and oxygen atoms in total. The van der Waals surface area contributed by atoms with Gasteiger partial charge in [0.2, 0.25) is 0 Å². The highest BCUT2D eigenvalue weighted by atomic mass is 35.5. The van der Waals surface area contributed by atoms with E-state index in [1.165, 1.54) is 11.6 Å². The molecular weight excluding hydrogens is 338 g/mol. The molecule has 25 heavy (non-hydrogen) atoms. The van der Waals surface area contributed by atoms with E-state index in [0.29, 0.717) is 13.2 Å². The summed E-state index contributed by atoms with van der Waals surface area (Å²) < 4.78 is 10.5. The van der Waals surface area contributed by atoms with E-state index >= 15 is 0 Å². The van der Waals surface area contributed by atoms with Crippen molar-refractivity contribution in [3.8, 4) is 5.75 Å². The number of methoxy groups -OCH3 is 1. The van der Waals surface area contributed by atoms with Crippen LogP contribution in [0.1, 0.15) is 11.1 Å². The summed E-state index contributed by atoms with van der Waals surface area (Å²) in [5.74, 6) is 0.373. The van der Waals surface area contributed by atoms with Gasteiger partial charge in [0.1, 0.15) is 12.4 Å². The van der Waals surface area contributed by atoms with Crippen LogP contribution in [0.2, 0.25) is 0 Å². The molecule has 0 unspecified atom stereocenters. The molecule has 0 saturated heterocycles. The molecule has 0 N–H and O–H groups in total. The van der Waals surface area contributed by atoms with Crippen LogP contribution in [-0.2, 0) is 16.1 Å². The SMILES string of the molecule is COc1ccccc1C=CC(=O)OCCN(C)Cc1ccccc1.Cl. The molecule has 0 aliphatic heterocycles. The van der Waals surface area contributed by atoms with E-state index < -0.39 is 0 Å². The van der Waals surface area contributed by atoms with Gasteiger partial charge >= 0.3 is 5.97 Å². The van der Waals surface area contributed by atoms with E-state index in [0.717, 1.165) is 17.9 Å². The lowest BCUT2D eigenvalue weighted by atomic mass is 10.2. The summed E-state index contributed by atoms with van der Waals surface area (Å²) in [5.41, 5.74) is 2.08. The van der Waals surface area contributed by atoms with Gasteiger partial charge in [0.05, 0.1) is 7.11 Å². The summed E-state index contributed by atoms with van der Waals surface area (Å²) in [5, 5.41) is 0. The number of carbonyl (C=O) groups is 1. The molecule has 134 valence electrons. The van der Waals surface area contributed by atoms with E-state index in [1.807, 2.05) is 49.5 Å². The third-order valence-corrected chi connectivity index (χ3v) is 3.55. The quantitative estimate of drug-likeness (QED) is 0.529. The Labute approximate surface area is 155 Å². The van der Waals surface area contributed by atoms with Crippen LogP contribution in [0.15, 0.2) is 60.7 Å². The maximum absolute atomic E-state index is 11.8. The van der Waals surface area contributed by atoms with Gasteiger partial charge in [-0.25, -0.2) is 4.79 Å². The summed E-state index contributed by atoms with van der Waals surface area (Å²) in [6.45, 7) is 1.87. The van der Waals surface area contributed by atoms with E-state index in [2.05, 4.69) is 17.0 Å². The minimum atomic E-state index is -0.353. The Bertz CT molecular complexity index is 674. The smallest absolute Gasteiger partial charge is 0.330 e. The number of ether oxygens (including phenoxy) is 2. The first-order valence-corrected chi connectivity index (χ1v) is 7.89. The zero-order chi connectivity index (χ0) is 17.2. The monoisotopic (exact) mass is 361 g/mol. The molecule has 2 rings (SSSR count). The average molecular weight is 362 g/mol. The fraction of sp³-hybridized carbons (Fsp3) is 0.250. The van der Waals surface area contributed by atoms with Gasteiger partial charge in [0, 0.05) is 24.7 Å². The third kappa shape index (κ3) is 7.42. The van der Waals surface area contributed by atoms with E-state index in [1.54, 1.807) is 13.2 Å². The second-order valence-corrected chi connectivity index (χ2v) is 5.47. The van der Waals surface area contributed by atoms with Crippen LogP contribution in [0.3, 0.4) is 0 Å². The first-order chi connectivity index (χ1) is 11.7. The number of esters is 1. The molecule has 0 spiro atoms. The number of benzene rings is 2. The number of likely N-dealkylation sites (N-methyl/N-ethyl adjacent to an activating group) is 1. The number of hydrogen-bond acceptors (Lipinski definition) is 4. The molecule has 0 heterocycles. The average Bonchev–Trinajstić information content (AvgIpc) is 2.61. The Morgan fingerprint density at radius 3 is 2.48 bits per heavy atom. The molecule has 5 heteroatoms. The number of carbonyl (C=O) groups excluding carboxylic acids is 1. The highest BCUT2D eigenvalue weighted by Crippen LogP contribution is 2.18. The van der Waals surface area contributed by atoms with Crippen LogP contribution in [0.5, 0.6) is 5.75 Å². The number of nitrogens with zero attached hydrogens (tertiary/aromatic N) is 1. The highest BCUT2D eigenvalue weighted by Gasteiger charge is 2.03.